The molecule has 0 amide bonds. The summed E-state index contributed by atoms with van der Waals surface area (Å²) in [4.78, 5) is 11.9. The molecule has 0 saturated heterocycles. The van der Waals surface area contributed by atoms with E-state index in [1.807, 2.05) is 0 Å². The van der Waals surface area contributed by atoms with E-state index in [-0.39, 0.29) is 33.2 Å². The number of hydrogen-bond donors (Lipinski definition) is 1. The Morgan fingerprint density at radius 3 is 2.19 bits per heavy atom. The summed E-state index contributed by atoms with van der Waals surface area (Å²) in [6.45, 7) is 1.47. The number of rotatable bonds is 6. The predicted molar refractivity (Wildman–Crippen MR) is 92.8 cm³/mol. The Balaban J connectivity index is 2.58. The fourth-order valence-corrected chi connectivity index (χ4v) is 3.65. The molecule has 0 spiro atoms. The summed E-state index contributed by atoms with van der Waals surface area (Å²) in [5.74, 6) is -0.871. The van der Waals surface area contributed by atoms with Crippen LogP contribution in [0, 0.1) is 12.7 Å². The van der Waals surface area contributed by atoms with Crippen molar-refractivity contribution in [3.63, 3.8) is 0 Å². The second kappa shape index (κ2) is 7.61. The van der Waals surface area contributed by atoms with Crippen LogP contribution in [0.25, 0.3) is 0 Å². The maximum absolute atomic E-state index is 13.3. The van der Waals surface area contributed by atoms with Gasteiger partial charge in [-0.1, -0.05) is 0 Å². The lowest BCUT2D eigenvalue weighted by Gasteiger charge is -2.16. The summed E-state index contributed by atoms with van der Waals surface area (Å²) >= 11 is 0. The van der Waals surface area contributed by atoms with Crippen molar-refractivity contribution in [2.75, 3.05) is 26.1 Å². The van der Waals surface area contributed by atoms with Gasteiger partial charge >= 0.3 is 5.97 Å². The molecular weight excluding hydrogens is 365 g/mol. The zero-order valence-electron chi connectivity index (χ0n) is 14.6. The molecule has 0 heterocycles. The maximum atomic E-state index is 13.3. The van der Waals surface area contributed by atoms with E-state index in [0.29, 0.717) is 0 Å². The zero-order valence-corrected chi connectivity index (χ0v) is 15.4. The molecule has 0 aliphatic heterocycles. The molecule has 1 N–H and O–H groups in total. The average Bonchev–Trinajstić information content (AvgIpc) is 2.59. The van der Waals surface area contributed by atoms with Gasteiger partial charge < -0.3 is 14.2 Å². The highest BCUT2D eigenvalue weighted by molar-refractivity contribution is 7.92. The molecule has 0 atom stereocenters. The Labute approximate surface area is 150 Å². The van der Waals surface area contributed by atoms with Gasteiger partial charge in [-0.05, 0) is 30.7 Å². The fourth-order valence-electron chi connectivity index (χ4n) is 2.36. The lowest BCUT2D eigenvalue weighted by molar-refractivity contribution is 0.0601. The van der Waals surface area contributed by atoms with Gasteiger partial charge in [0, 0.05) is 12.1 Å². The van der Waals surface area contributed by atoms with Crippen LogP contribution >= 0.6 is 0 Å². The summed E-state index contributed by atoms with van der Waals surface area (Å²) in [5, 5.41) is 0. The molecule has 2 aromatic rings. The SMILES string of the molecule is COC(=O)c1cc(OC)c(OC)cc1NS(=O)(=O)c1ccc(F)cc1C. The van der Waals surface area contributed by atoms with Gasteiger partial charge in [-0.25, -0.2) is 17.6 Å². The van der Waals surface area contributed by atoms with Gasteiger partial charge in [0.25, 0.3) is 10.0 Å². The number of benzene rings is 2. The number of methoxy groups -OCH3 is 3. The van der Waals surface area contributed by atoms with Crippen molar-refractivity contribution in [2.45, 2.75) is 11.8 Å². The Morgan fingerprint density at radius 2 is 1.65 bits per heavy atom. The van der Waals surface area contributed by atoms with Crippen molar-refractivity contribution in [3.8, 4) is 11.5 Å². The van der Waals surface area contributed by atoms with Gasteiger partial charge in [0.1, 0.15) is 5.82 Å². The van der Waals surface area contributed by atoms with E-state index in [1.54, 1.807) is 0 Å². The third-order valence-corrected chi connectivity index (χ3v) is 5.13. The first kappa shape index (κ1) is 19.5. The molecule has 0 bridgehead atoms. The first-order chi connectivity index (χ1) is 12.2. The lowest BCUT2D eigenvalue weighted by Crippen LogP contribution is -2.17. The van der Waals surface area contributed by atoms with E-state index < -0.39 is 21.8 Å². The van der Waals surface area contributed by atoms with Gasteiger partial charge in [0.05, 0.1) is 37.5 Å². The Hall–Kier alpha value is -2.81. The maximum Gasteiger partial charge on any atom is 0.340 e. The summed E-state index contributed by atoms with van der Waals surface area (Å²) in [7, 11) is -0.170. The molecular formula is C17H18FNO6S. The molecule has 2 rings (SSSR count). The van der Waals surface area contributed by atoms with Crippen molar-refractivity contribution < 1.29 is 31.8 Å². The van der Waals surface area contributed by atoms with Crippen LogP contribution in [0.5, 0.6) is 11.5 Å². The molecule has 0 unspecified atom stereocenters. The van der Waals surface area contributed by atoms with Gasteiger partial charge in [-0.2, -0.15) is 0 Å². The highest BCUT2D eigenvalue weighted by Crippen LogP contribution is 2.35. The first-order valence-electron chi connectivity index (χ1n) is 7.36. The molecule has 0 fully saturated rings. The number of halogens is 1. The van der Waals surface area contributed by atoms with Crippen molar-refractivity contribution in [1.82, 2.24) is 0 Å². The van der Waals surface area contributed by atoms with Crippen molar-refractivity contribution in [1.29, 1.82) is 0 Å². The quantitative estimate of drug-likeness (QED) is 0.772. The van der Waals surface area contributed by atoms with Gasteiger partial charge in [0.15, 0.2) is 11.5 Å². The normalized spacial score (nSPS) is 11.0. The lowest BCUT2D eigenvalue weighted by atomic mass is 10.1. The van der Waals surface area contributed by atoms with E-state index in [1.165, 1.54) is 40.4 Å². The third-order valence-electron chi connectivity index (χ3n) is 3.60. The number of sulfonamides is 1. The second-order valence-corrected chi connectivity index (χ2v) is 6.91. The molecule has 0 aliphatic rings. The summed E-state index contributed by atoms with van der Waals surface area (Å²) in [6, 6.07) is 5.90. The molecule has 0 aliphatic carbocycles. The smallest absolute Gasteiger partial charge is 0.340 e. The molecule has 26 heavy (non-hydrogen) atoms. The molecule has 9 heteroatoms. The number of aryl methyl sites for hydroxylation is 1. The van der Waals surface area contributed by atoms with E-state index in [2.05, 4.69) is 9.46 Å². The Bertz CT molecular complexity index is 943. The fraction of sp³-hybridized carbons (Fsp3) is 0.235. The van der Waals surface area contributed by atoms with Crippen LogP contribution in [0.1, 0.15) is 15.9 Å². The first-order valence-corrected chi connectivity index (χ1v) is 8.85. The third kappa shape index (κ3) is 3.88. The monoisotopic (exact) mass is 383 g/mol. The number of carbonyl (C=O) groups excluding carboxylic acids is 1. The van der Waals surface area contributed by atoms with E-state index in [4.69, 9.17) is 9.47 Å². The van der Waals surface area contributed by atoms with Crippen molar-refractivity contribution in [3.05, 3.63) is 47.3 Å². The Kier molecular flexibility index (Phi) is 5.71. The van der Waals surface area contributed by atoms with Crippen molar-refractivity contribution >= 4 is 21.7 Å². The largest absolute Gasteiger partial charge is 0.493 e. The highest BCUT2D eigenvalue weighted by atomic mass is 32.2. The average molecular weight is 383 g/mol. The van der Waals surface area contributed by atoms with Crippen LogP contribution in [-0.4, -0.2) is 35.7 Å². The topological polar surface area (TPSA) is 90.9 Å². The minimum Gasteiger partial charge on any atom is -0.493 e. The van der Waals surface area contributed by atoms with Crippen LogP contribution in [0.2, 0.25) is 0 Å². The van der Waals surface area contributed by atoms with Crippen LogP contribution in [0.15, 0.2) is 35.2 Å². The van der Waals surface area contributed by atoms with E-state index >= 15 is 0 Å². The van der Waals surface area contributed by atoms with Crippen LogP contribution < -0.4 is 14.2 Å². The summed E-state index contributed by atoms with van der Waals surface area (Å²) in [5.41, 5.74) is 0.101. The zero-order chi connectivity index (χ0) is 19.5. The predicted octanol–water partition coefficient (Wildman–Crippen LogP) is 2.74. The standard InChI is InChI=1S/C17H18FNO6S/c1-10-7-11(18)5-6-16(10)26(21,22)19-13-9-15(24-3)14(23-2)8-12(13)17(20)25-4/h5-9,19H,1-4H3. The number of hydrogen-bond acceptors (Lipinski definition) is 6. The number of carbonyl (C=O) groups is 1. The Morgan fingerprint density at radius 1 is 1.04 bits per heavy atom. The summed E-state index contributed by atoms with van der Waals surface area (Å²) < 4.78 is 55.9. The van der Waals surface area contributed by atoms with Gasteiger partial charge in [-0.3, -0.25) is 4.72 Å². The minimum atomic E-state index is -4.09. The van der Waals surface area contributed by atoms with E-state index in [0.717, 1.165) is 18.2 Å². The molecule has 0 radical (unpaired) electrons. The number of ether oxygens (including phenoxy) is 3. The van der Waals surface area contributed by atoms with Crippen molar-refractivity contribution in [2.24, 2.45) is 0 Å². The van der Waals surface area contributed by atoms with Crippen LogP contribution in [0.3, 0.4) is 0 Å². The highest BCUT2D eigenvalue weighted by Gasteiger charge is 2.23. The molecule has 2 aromatic carbocycles. The molecule has 140 valence electrons. The molecule has 0 aromatic heterocycles. The van der Waals surface area contributed by atoms with Gasteiger partial charge in [0.2, 0.25) is 0 Å². The molecule has 7 nitrogen and oxygen atoms in total. The van der Waals surface area contributed by atoms with Gasteiger partial charge in [-0.15, -0.1) is 0 Å². The summed E-state index contributed by atoms with van der Waals surface area (Å²) in [6.07, 6.45) is 0. The number of anilines is 1. The minimum absolute atomic E-state index is 0.0572. The number of nitrogens with one attached hydrogen (secondary N) is 1. The number of esters is 1. The molecule has 0 saturated carbocycles. The van der Waals surface area contributed by atoms with E-state index in [9.17, 15) is 17.6 Å². The van der Waals surface area contributed by atoms with Crippen LogP contribution in [-0.2, 0) is 14.8 Å². The van der Waals surface area contributed by atoms with Crippen LogP contribution in [0.4, 0.5) is 10.1 Å². The second-order valence-electron chi connectivity index (χ2n) is 5.26.